The highest BCUT2D eigenvalue weighted by molar-refractivity contribution is 5.69. The van der Waals surface area contributed by atoms with E-state index in [4.69, 9.17) is 10.1 Å². The molecule has 1 unspecified atom stereocenters. The summed E-state index contributed by atoms with van der Waals surface area (Å²) in [5.41, 5.74) is 5.44. The lowest BCUT2D eigenvalue weighted by Gasteiger charge is -2.29. The monoisotopic (exact) mass is 520 g/mol. The number of likely N-dealkylation sites (tertiary alicyclic amines) is 1. The Morgan fingerprint density at radius 3 is 2.56 bits per heavy atom. The maximum atomic E-state index is 5.16. The predicted molar refractivity (Wildman–Crippen MR) is 157 cm³/mol. The van der Waals surface area contributed by atoms with Crippen LogP contribution in [0, 0.1) is 17.8 Å². The zero-order chi connectivity index (χ0) is 26.6. The quantitative estimate of drug-likeness (QED) is 0.246. The molecule has 1 aromatic carbocycles. The topological polar surface area (TPSA) is 51.2 Å². The molecule has 1 aliphatic heterocycles. The molecule has 0 spiro atoms. The molecule has 6 nitrogen and oxygen atoms in total. The number of aromatic nitrogens is 5. The van der Waals surface area contributed by atoms with Gasteiger partial charge in [0.25, 0.3) is 0 Å². The number of hydrogen-bond acceptors (Lipinski definition) is 4. The van der Waals surface area contributed by atoms with Gasteiger partial charge in [-0.25, -0.2) is 9.97 Å². The smallest absolute Gasteiger partial charge is 0.149 e. The van der Waals surface area contributed by atoms with Crippen LogP contribution in [0.25, 0.3) is 28.3 Å². The van der Waals surface area contributed by atoms with Gasteiger partial charge in [0, 0.05) is 43.1 Å². The molecule has 0 amide bonds. The maximum absolute atomic E-state index is 5.16. The van der Waals surface area contributed by atoms with Crippen LogP contribution in [-0.2, 0) is 0 Å². The van der Waals surface area contributed by atoms with Crippen LogP contribution in [0.15, 0.2) is 55.1 Å². The van der Waals surface area contributed by atoms with Gasteiger partial charge in [0.15, 0.2) is 0 Å². The molecular formula is C33H40N6. The molecule has 1 aliphatic carbocycles. The van der Waals surface area contributed by atoms with Gasteiger partial charge in [-0.05, 0) is 69.6 Å². The summed E-state index contributed by atoms with van der Waals surface area (Å²) in [7, 11) is 2.22. The summed E-state index contributed by atoms with van der Waals surface area (Å²) in [6, 6.07) is 11.5. The Balaban J connectivity index is 1.29. The highest BCUT2D eigenvalue weighted by atomic mass is 15.3. The average molecular weight is 521 g/mol. The van der Waals surface area contributed by atoms with E-state index >= 15 is 0 Å². The molecule has 2 fully saturated rings. The summed E-state index contributed by atoms with van der Waals surface area (Å²) in [5.74, 6) is 8.98. The Kier molecular flexibility index (Phi) is 7.78. The Morgan fingerprint density at radius 1 is 1.00 bits per heavy atom. The van der Waals surface area contributed by atoms with Crippen molar-refractivity contribution in [3.05, 3.63) is 60.7 Å². The minimum absolute atomic E-state index is 0.319. The zero-order valence-corrected chi connectivity index (χ0v) is 23.4. The van der Waals surface area contributed by atoms with Gasteiger partial charge in [0.05, 0.1) is 23.5 Å². The van der Waals surface area contributed by atoms with E-state index in [0.29, 0.717) is 17.9 Å². The number of unbranched alkanes of at least 4 members (excludes halogenated alkanes) is 1. The minimum Gasteiger partial charge on any atom is -0.306 e. The van der Waals surface area contributed by atoms with E-state index < -0.39 is 0 Å². The number of rotatable bonds is 7. The Bertz CT molecular complexity index is 1440. The van der Waals surface area contributed by atoms with Crippen molar-refractivity contribution < 1.29 is 0 Å². The second kappa shape index (κ2) is 11.8. The molecule has 0 bridgehead atoms. The van der Waals surface area contributed by atoms with Gasteiger partial charge in [-0.3, -0.25) is 9.08 Å². The molecule has 0 N–H and O–H groups in total. The molecular weight excluding hydrogens is 480 g/mol. The fourth-order valence-electron chi connectivity index (χ4n) is 6.39. The first-order valence-electron chi connectivity index (χ1n) is 14.8. The Morgan fingerprint density at radius 2 is 1.79 bits per heavy atom. The molecule has 1 atom stereocenters. The molecule has 0 radical (unpaired) electrons. The Labute approximate surface area is 232 Å². The normalized spacial score (nSPS) is 17.9. The first-order valence-corrected chi connectivity index (χ1v) is 14.8. The van der Waals surface area contributed by atoms with Crippen LogP contribution in [0.2, 0.25) is 0 Å². The molecule has 6 heteroatoms. The number of imidazole rings is 1. The van der Waals surface area contributed by atoms with Crippen LogP contribution in [0.1, 0.15) is 82.2 Å². The summed E-state index contributed by atoms with van der Waals surface area (Å²) in [5, 5.41) is 4.87. The lowest BCUT2D eigenvalue weighted by atomic mass is 9.89. The highest BCUT2D eigenvalue weighted by Gasteiger charge is 2.27. The van der Waals surface area contributed by atoms with Gasteiger partial charge in [0.1, 0.15) is 11.5 Å². The van der Waals surface area contributed by atoms with E-state index in [0.717, 1.165) is 47.6 Å². The van der Waals surface area contributed by atoms with Crippen LogP contribution < -0.4 is 0 Å². The molecule has 1 saturated carbocycles. The van der Waals surface area contributed by atoms with Crippen LogP contribution in [0.3, 0.4) is 0 Å². The van der Waals surface area contributed by atoms with E-state index in [2.05, 4.69) is 81.3 Å². The molecule has 4 heterocycles. The van der Waals surface area contributed by atoms with Gasteiger partial charge >= 0.3 is 0 Å². The third-order valence-electron chi connectivity index (χ3n) is 8.74. The fraction of sp³-hybridized carbons (Fsp3) is 0.485. The van der Waals surface area contributed by atoms with Crippen molar-refractivity contribution in [3.8, 4) is 34.5 Å². The summed E-state index contributed by atoms with van der Waals surface area (Å²) in [6.07, 6.45) is 18.6. The molecule has 4 aromatic rings. The van der Waals surface area contributed by atoms with Crippen LogP contribution >= 0.6 is 0 Å². The largest absolute Gasteiger partial charge is 0.306 e. The summed E-state index contributed by atoms with van der Waals surface area (Å²) in [4.78, 5) is 12.2. The SMILES string of the molecule is CCCC#CCC(C1CCCC1)n1cc(-c2nc(-c3ccc(C4CCN(C)CC4)cc3)cc3nccn23)cn1. The molecule has 1 saturated heterocycles. The lowest BCUT2D eigenvalue weighted by Crippen LogP contribution is -2.29. The van der Waals surface area contributed by atoms with E-state index in [-0.39, 0.29) is 0 Å². The minimum atomic E-state index is 0.319. The predicted octanol–water partition coefficient (Wildman–Crippen LogP) is 6.99. The first-order chi connectivity index (χ1) is 19.2. The van der Waals surface area contributed by atoms with Crippen LogP contribution in [0.4, 0.5) is 0 Å². The van der Waals surface area contributed by atoms with Crippen molar-refractivity contribution in [1.82, 2.24) is 29.0 Å². The van der Waals surface area contributed by atoms with E-state index in [1.54, 1.807) is 0 Å². The fourth-order valence-corrected chi connectivity index (χ4v) is 6.39. The van der Waals surface area contributed by atoms with Crippen molar-refractivity contribution in [3.63, 3.8) is 0 Å². The van der Waals surface area contributed by atoms with Crippen molar-refractivity contribution in [2.24, 2.45) is 5.92 Å². The van der Waals surface area contributed by atoms with Gasteiger partial charge < -0.3 is 4.90 Å². The van der Waals surface area contributed by atoms with Crippen molar-refractivity contribution in [2.75, 3.05) is 20.1 Å². The highest BCUT2D eigenvalue weighted by Crippen LogP contribution is 2.37. The van der Waals surface area contributed by atoms with E-state index in [1.807, 2.05) is 18.6 Å². The van der Waals surface area contributed by atoms with Crippen LogP contribution in [0.5, 0.6) is 0 Å². The van der Waals surface area contributed by atoms with Crippen molar-refractivity contribution in [1.29, 1.82) is 0 Å². The molecule has 6 rings (SSSR count). The number of hydrogen-bond donors (Lipinski definition) is 0. The van der Waals surface area contributed by atoms with Gasteiger partial charge in [-0.2, -0.15) is 5.10 Å². The maximum Gasteiger partial charge on any atom is 0.149 e. The Hall–Kier alpha value is -3.43. The standard InChI is InChI=1S/C33H40N6/c1-3-4-5-6-11-31(28-9-7-8-10-28)39-24-29(23-35-39)33-36-30(22-32-34-18-21-38(32)33)27-14-12-25(13-15-27)26-16-19-37(2)20-17-26/h12-15,18,21-24,26,28,31H,3-4,7-11,16-17,19-20H2,1-2H3. The van der Waals surface area contributed by atoms with Crippen molar-refractivity contribution >= 4 is 5.65 Å². The lowest BCUT2D eigenvalue weighted by molar-refractivity contribution is 0.255. The van der Waals surface area contributed by atoms with Crippen LogP contribution in [-0.4, -0.2) is 49.2 Å². The number of nitrogens with zero attached hydrogens (tertiary/aromatic N) is 6. The third kappa shape index (κ3) is 5.65. The second-order valence-corrected chi connectivity index (χ2v) is 11.4. The molecule has 3 aromatic heterocycles. The van der Waals surface area contributed by atoms with E-state index in [1.165, 1.54) is 57.2 Å². The number of fused-ring (bicyclic) bond motifs is 1. The summed E-state index contributed by atoms with van der Waals surface area (Å²) >= 11 is 0. The van der Waals surface area contributed by atoms with Gasteiger partial charge in [0.2, 0.25) is 0 Å². The van der Waals surface area contributed by atoms with E-state index in [9.17, 15) is 0 Å². The second-order valence-electron chi connectivity index (χ2n) is 11.4. The molecule has 39 heavy (non-hydrogen) atoms. The average Bonchev–Trinajstić information content (AvgIpc) is 3.76. The zero-order valence-electron chi connectivity index (χ0n) is 23.4. The van der Waals surface area contributed by atoms with Gasteiger partial charge in [-0.1, -0.05) is 44.0 Å². The molecule has 2 aliphatic rings. The third-order valence-corrected chi connectivity index (χ3v) is 8.74. The summed E-state index contributed by atoms with van der Waals surface area (Å²) in [6.45, 7) is 4.54. The first kappa shape index (κ1) is 25.8. The van der Waals surface area contributed by atoms with Gasteiger partial charge in [-0.15, -0.1) is 11.8 Å². The van der Waals surface area contributed by atoms with Crippen molar-refractivity contribution in [2.45, 2.75) is 76.7 Å². The molecule has 202 valence electrons. The number of benzene rings is 1. The summed E-state index contributed by atoms with van der Waals surface area (Å²) < 4.78 is 4.24. The number of piperidine rings is 1.